The van der Waals surface area contributed by atoms with Gasteiger partial charge in [0.2, 0.25) is 0 Å². The zero-order valence-corrected chi connectivity index (χ0v) is 13.3. The van der Waals surface area contributed by atoms with Crippen molar-refractivity contribution in [3.63, 3.8) is 0 Å². The summed E-state index contributed by atoms with van der Waals surface area (Å²) in [6.45, 7) is 3.98. The van der Waals surface area contributed by atoms with Crippen LogP contribution in [0.15, 0.2) is 36.5 Å². The molecule has 2 heterocycles. The molecule has 1 aliphatic heterocycles. The Morgan fingerprint density at radius 3 is 2.74 bits per heavy atom. The van der Waals surface area contributed by atoms with Crippen LogP contribution in [0.4, 0.5) is 0 Å². The van der Waals surface area contributed by atoms with Crippen LogP contribution in [0.1, 0.15) is 53.6 Å². The zero-order valence-electron chi connectivity index (χ0n) is 13.3. The fraction of sp³-hybridized carbons (Fsp3) is 0.444. The van der Waals surface area contributed by atoms with Crippen molar-refractivity contribution in [1.29, 1.82) is 0 Å². The topological polar surface area (TPSA) is 61.0 Å². The number of carbonyl (C=O) groups excluding carboxylic acids is 1. The molecular formula is C18H22N4O. The number of aromatic amines is 1. The largest absolute Gasteiger partial charge is 0.344 e. The summed E-state index contributed by atoms with van der Waals surface area (Å²) in [5, 5.41) is 3.07. The van der Waals surface area contributed by atoms with Crippen LogP contribution >= 0.6 is 0 Å². The number of imidazole rings is 1. The van der Waals surface area contributed by atoms with Gasteiger partial charge in [-0.15, -0.1) is 0 Å². The lowest BCUT2D eigenvalue weighted by molar-refractivity contribution is 0.0669. The molecule has 0 radical (unpaired) electrons. The van der Waals surface area contributed by atoms with Gasteiger partial charge in [-0.05, 0) is 25.3 Å². The average molecular weight is 310 g/mol. The third kappa shape index (κ3) is 3.01. The number of hydrogen-bond acceptors (Lipinski definition) is 3. The molecule has 2 aliphatic rings. The van der Waals surface area contributed by atoms with Crippen molar-refractivity contribution in [3.05, 3.63) is 53.6 Å². The highest BCUT2D eigenvalue weighted by Gasteiger charge is 2.33. The lowest BCUT2D eigenvalue weighted by atomic mass is 10.0. The van der Waals surface area contributed by atoms with Gasteiger partial charge in [0.15, 0.2) is 5.82 Å². The smallest absolute Gasteiger partial charge is 0.287 e. The van der Waals surface area contributed by atoms with Gasteiger partial charge in [0.05, 0.1) is 6.04 Å². The summed E-state index contributed by atoms with van der Waals surface area (Å²) in [6, 6.07) is 11.1. The summed E-state index contributed by atoms with van der Waals surface area (Å²) in [7, 11) is 0. The molecule has 120 valence electrons. The minimum atomic E-state index is -0.0890. The zero-order chi connectivity index (χ0) is 15.8. The van der Waals surface area contributed by atoms with E-state index < -0.39 is 0 Å². The van der Waals surface area contributed by atoms with Gasteiger partial charge in [-0.2, -0.15) is 0 Å². The molecule has 23 heavy (non-hydrogen) atoms. The molecule has 2 N–H and O–H groups in total. The normalized spacial score (nSPS) is 20.0. The van der Waals surface area contributed by atoms with E-state index in [1.165, 1.54) is 18.4 Å². The fourth-order valence-corrected chi connectivity index (χ4v) is 3.17. The number of amides is 1. The second kappa shape index (κ2) is 5.81. The van der Waals surface area contributed by atoms with Crippen LogP contribution in [-0.2, 0) is 0 Å². The SMILES string of the molecule is CC(c1ccccc1)N1CC(NC(=O)c2ncc(C3CC3)[nH]2)C1. The fourth-order valence-electron chi connectivity index (χ4n) is 3.17. The van der Waals surface area contributed by atoms with Crippen LogP contribution in [-0.4, -0.2) is 39.9 Å². The van der Waals surface area contributed by atoms with Crippen LogP contribution in [0.3, 0.4) is 0 Å². The third-order valence-electron chi connectivity index (χ3n) is 4.90. The molecule has 1 amide bonds. The van der Waals surface area contributed by atoms with E-state index in [0.717, 1.165) is 18.8 Å². The number of benzene rings is 1. The van der Waals surface area contributed by atoms with Crippen molar-refractivity contribution < 1.29 is 4.79 Å². The van der Waals surface area contributed by atoms with Gasteiger partial charge in [-0.3, -0.25) is 9.69 Å². The highest BCUT2D eigenvalue weighted by molar-refractivity contribution is 5.90. The van der Waals surface area contributed by atoms with E-state index in [2.05, 4.69) is 51.4 Å². The van der Waals surface area contributed by atoms with Crippen molar-refractivity contribution in [2.75, 3.05) is 13.1 Å². The summed E-state index contributed by atoms with van der Waals surface area (Å²) in [5.41, 5.74) is 2.42. The van der Waals surface area contributed by atoms with Crippen LogP contribution in [0.5, 0.6) is 0 Å². The monoisotopic (exact) mass is 310 g/mol. The Morgan fingerprint density at radius 1 is 1.30 bits per heavy atom. The quantitative estimate of drug-likeness (QED) is 0.892. The van der Waals surface area contributed by atoms with Crippen molar-refractivity contribution in [2.45, 2.75) is 37.8 Å². The lowest BCUT2D eigenvalue weighted by Gasteiger charge is -2.43. The Kier molecular flexibility index (Phi) is 3.65. The Balaban J connectivity index is 1.29. The van der Waals surface area contributed by atoms with Crippen molar-refractivity contribution in [1.82, 2.24) is 20.2 Å². The van der Waals surface area contributed by atoms with Gasteiger partial charge in [0, 0.05) is 36.9 Å². The maximum atomic E-state index is 12.2. The number of nitrogens with zero attached hydrogens (tertiary/aromatic N) is 2. The number of aromatic nitrogens is 2. The number of H-pyrrole nitrogens is 1. The number of likely N-dealkylation sites (tertiary alicyclic amines) is 1. The number of nitrogens with one attached hydrogen (secondary N) is 2. The van der Waals surface area contributed by atoms with E-state index in [1.54, 1.807) is 6.20 Å². The van der Waals surface area contributed by atoms with Crippen molar-refractivity contribution in [2.24, 2.45) is 0 Å². The van der Waals surface area contributed by atoms with Gasteiger partial charge in [0.1, 0.15) is 0 Å². The maximum absolute atomic E-state index is 12.2. The predicted molar refractivity (Wildman–Crippen MR) is 88.2 cm³/mol. The highest BCUT2D eigenvalue weighted by Crippen LogP contribution is 2.38. The van der Waals surface area contributed by atoms with Crippen LogP contribution < -0.4 is 5.32 Å². The van der Waals surface area contributed by atoms with Gasteiger partial charge < -0.3 is 10.3 Å². The lowest BCUT2D eigenvalue weighted by Crippen LogP contribution is -2.59. The number of carbonyl (C=O) groups is 1. The first kappa shape index (κ1) is 14.5. The Bertz CT molecular complexity index is 686. The van der Waals surface area contributed by atoms with Crippen LogP contribution in [0, 0.1) is 0 Å². The van der Waals surface area contributed by atoms with E-state index in [4.69, 9.17) is 0 Å². The van der Waals surface area contributed by atoms with E-state index in [0.29, 0.717) is 17.8 Å². The summed E-state index contributed by atoms with van der Waals surface area (Å²) in [4.78, 5) is 22.0. The van der Waals surface area contributed by atoms with Gasteiger partial charge in [-0.1, -0.05) is 30.3 Å². The number of rotatable bonds is 5. The van der Waals surface area contributed by atoms with E-state index in [1.807, 2.05) is 6.07 Å². The Labute approximate surface area is 136 Å². The van der Waals surface area contributed by atoms with Crippen LogP contribution in [0.2, 0.25) is 0 Å². The Hall–Kier alpha value is -2.14. The predicted octanol–water partition coefficient (Wildman–Crippen LogP) is 2.46. The first-order chi connectivity index (χ1) is 11.2. The summed E-state index contributed by atoms with van der Waals surface area (Å²) >= 11 is 0. The third-order valence-corrected chi connectivity index (χ3v) is 4.90. The first-order valence-electron chi connectivity index (χ1n) is 8.35. The van der Waals surface area contributed by atoms with Crippen molar-refractivity contribution in [3.8, 4) is 0 Å². The molecule has 0 bridgehead atoms. The molecule has 5 heteroatoms. The maximum Gasteiger partial charge on any atom is 0.287 e. The first-order valence-corrected chi connectivity index (χ1v) is 8.35. The van der Waals surface area contributed by atoms with E-state index in [9.17, 15) is 4.79 Å². The molecule has 1 aromatic heterocycles. The molecule has 1 atom stereocenters. The second-order valence-corrected chi connectivity index (χ2v) is 6.67. The van der Waals surface area contributed by atoms with E-state index >= 15 is 0 Å². The molecular weight excluding hydrogens is 288 g/mol. The van der Waals surface area contributed by atoms with Gasteiger partial charge in [0.25, 0.3) is 5.91 Å². The summed E-state index contributed by atoms with van der Waals surface area (Å²) < 4.78 is 0. The molecule has 1 aromatic carbocycles. The second-order valence-electron chi connectivity index (χ2n) is 6.67. The molecule has 5 nitrogen and oxygen atoms in total. The standard InChI is InChI=1S/C18H22N4O/c1-12(13-5-3-2-4-6-13)22-10-15(11-22)20-18(23)17-19-9-16(21-17)14-7-8-14/h2-6,9,12,14-15H,7-8,10-11H2,1H3,(H,19,21)(H,20,23). The highest BCUT2D eigenvalue weighted by atomic mass is 16.2. The number of hydrogen-bond donors (Lipinski definition) is 2. The summed E-state index contributed by atoms with van der Waals surface area (Å²) in [5.74, 6) is 0.949. The minimum absolute atomic E-state index is 0.0890. The Morgan fingerprint density at radius 2 is 2.04 bits per heavy atom. The molecule has 2 fully saturated rings. The molecule has 1 unspecified atom stereocenters. The van der Waals surface area contributed by atoms with E-state index in [-0.39, 0.29) is 11.9 Å². The minimum Gasteiger partial charge on any atom is -0.344 e. The molecule has 1 aliphatic carbocycles. The molecule has 0 spiro atoms. The van der Waals surface area contributed by atoms with Gasteiger partial charge in [-0.25, -0.2) is 4.98 Å². The van der Waals surface area contributed by atoms with Gasteiger partial charge >= 0.3 is 0 Å². The molecule has 2 aromatic rings. The summed E-state index contributed by atoms with van der Waals surface area (Å²) in [6.07, 6.45) is 4.22. The molecule has 4 rings (SSSR count). The molecule has 1 saturated carbocycles. The van der Waals surface area contributed by atoms with Crippen molar-refractivity contribution >= 4 is 5.91 Å². The van der Waals surface area contributed by atoms with Crippen LogP contribution in [0.25, 0.3) is 0 Å². The average Bonchev–Trinajstić information content (AvgIpc) is 3.27. The molecule has 1 saturated heterocycles.